The van der Waals surface area contributed by atoms with Gasteiger partial charge in [-0.3, -0.25) is 19.3 Å². The molecule has 1 aromatic carbocycles. The second-order valence-corrected chi connectivity index (χ2v) is 10.7. The first-order valence-corrected chi connectivity index (χ1v) is 13.6. The first-order valence-electron chi connectivity index (χ1n) is 13.6. The summed E-state index contributed by atoms with van der Waals surface area (Å²) in [6.45, 7) is 0.566. The molecule has 1 N–H and O–H groups in total. The van der Waals surface area contributed by atoms with E-state index in [1.165, 1.54) is 13.3 Å². The fraction of sp³-hybridized carbons (Fsp3) is 0.367. The normalized spacial score (nSPS) is 18.7. The van der Waals surface area contributed by atoms with Crippen molar-refractivity contribution in [3.63, 3.8) is 0 Å². The number of fused-ring (bicyclic) bond motifs is 1. The molecule has 1 aromatic heterocycles. The fourth-order valence-electron chi connectivity index (χ4n) is 6.04. The number of hydrogen-bond acceptors (Lipinski definition) is 7. The Hall–Kier alpha value is -4.72. The van der Waals surface area contributed by atoms with E-state index in [9.17, 15) is 29.5 Å². The molecule has 2 aliphatic carbocycles. The van der Waals surface area contributed by atoms with Gasteiger partial charge < -0.3 is 19.3 Å². The predicted octanol–water partition coefficient (Wildman–Crippen LogP) is 3.62. The van der Waals surface area contributed by atoms with Crippen LogP contribution in [-0.2, 0) is 9.59 Å². The van der Waals surface area contributed by atoms with Crippen molar-refractivity contribution in [1.82, 2.24) is 9.47 Å². The van der Waals surface area contributed by atoms with Gasteiger partial charge in [-0.15, -0.1) is 0 Å². The zero-order valence-electron chi connectivity index (χ0n) is 22.4. The number of rotatable bonds is 6. The van der Waals surface area contributed by atoms with Crippen LogP contribution in [0.25, 0.3) is 10.9 Å². The van der Waals surface area contributed by atoms with Crippen molar-refractivity contribution >= 4 is 34.4 Å². The van der Waals surface area contributed by atoms with E-state index >= 15 is 4.39 Å². The molecule has 3 heterocycles. The van der Waals surface area contributed by atoms with Crippen molar-refractivity contribution in [2.45, 2.75) is 44.6 Å². The number of aromatic carboxylic acids is 1. The molecule has 4 aliphatic rings. The Balaban J connectivity index is 1.31. The highest BCUT2D eigenvalue weighted by atomic mass is 19.1. The number of carbonyl (C=O) groups excluding carboxylic acids is 2. The van der Waals surface area contributed by atoms with Crippen molar-refractivity contribution in [2.24, 2.45) is 0 Å². The van der Waals surface area contributed by atoms with E-state index in [0.717, 1.165) is 29.4 Å². The van der Waals surface area contributed by atoms with Gasteiger partial charge in [0.05, 0.1) is 30.6 Å². The molecule has 10 nitrogen and oxygen atoms in total. The van der Waals surface area contributed by atoms with Crippen LogP contribution in [0.2, 0.25) is 0 Å². The van der Waals surface area contributed by atoms with Crippen LogP contribution in [0, 0.1) is 17.1 Å². The van der Waals surface area contributed by atoms with Crippen molar-refractivity contribution in [3.8, 4) is 11.8 Å². The van der Waals surface area contributed by atoms with E-state index in [4.69, 9.17) is 4.74 Å². The van der Waals surface area contributed by atoms with Crippen LogP contribution >= 0.6 is 0 Å². The third kappa shape index (κ3) is 4.30. The molecule has 210 valence electrons. The van der Waals surface area contributed by atoms with Crippen molar-refractivity contribution in [3.05, 3.63) is 68.3 Å². The summed E-state index contributed by atoms with van der Waals surface area (Å²) in [7, 11) is 1.39. The summed E-state index contributed by atoms with van der Waals surface area (Å²) < 4.78 is 23.0. The van der Waals surface area contributed by atoms with Gasteiger partial charge in [0, 0.05) is 42.0 Å². The van der Waals surface area contributed by atoms with Gasteiger partial charge >= 0.3 is 5.97 Å². The SMILES string of the molecule is COc1c(N2CCC(=C(C#N)CN3C(=O)C4=C(CCC=C4)C3=O)CC2)c(F)cc2c(=O)c(C(=O)O)cn(C3CC3)c12. The fourth-order valence-corrected chi connectivity index (χ4v) is 6.04. The maximum Gasteiger partial charge on any atom is 0.341 e. The van der Waals surface area contributed by atoms with E-state index in [0.29, 0.717) is 61.0 Å². The Morgan fingerprint density at radius 2 is 1.90 bits per heavy atom. The van der Waals surface area contributed by atoms with Crippen LogP contribution in [0.3, 0.4) is 0 Å². The number of halogens is 1. The van der Waals surface area contributed by atoms with E-state index in [-0.39, 0.29) is 41.2 Å². The first kappa shape index (κ1) is 26.5. The minimum Gasteiger partial charge on any atom is -0.492 e. The number of anilines is 1. The molecule has 0 unspecified atom stereocenters. The topological polar surface area (TPSA) is 133 Å². The van der Waals surface area contributed by atoms with Crippen LogP contribution in [0.1, 0.15) is 54.9 Å². The van der Waals surface area contributed by atoms with Crippen LogP contribution in [-0.4, -0.2) is 59.1 Å². The number of amides is 2. The summed E-state index contributed by atoms with van der Waals surface area (Å²) in [6, 6.07) is 3.25. The number of nitriles is 1. The predicted molar refractivity (Wildman–Crippen MR) is 146 cm³/mol. The largest absolute Gasteiger partial charge is 0.492 e. The number of ether oxygens (including phenoxy) is 1. The molecule has 2 fully saturated rings. The Bertz CT molecular complexity index is 1730. The first-order chi connectivity index (χ1) is 19.7. The highest BCUT2D eigenvalue weighted by Gasteiger charge is 2.38. The van der Waals surface area contributed by atoms with Gasteiger partial charge in [0.1, 0.15) is 11.3 Å². The van der Waals surface area contributed by atoms with Crippen molar-refractivity contribution in [1.29, 1.82) is 5.26 Å². The Kier molecular flexibility index (Phi) is 6.49. The second kappa shape index (κ2) is 10.0. The number of aromatic nitrogens is 1. The minimum absolute atomic E-state index is 0.0101. The maximum absolute atomic E-state index is 15.7. The third-order valence-electron chi connectivity index (χ3n) is 8.28. The zero-order chi connectivity index (χ0) is 29.0. The number of hydrogen-bond donors (Lipinski definition) is 1. The van der Waals surface area contributed by atoms with Gasteiger partial charge in [0.15, 0.2) is 11.6 Å². The number of methoxy groups -OCH3 is 1. The molecular formula is C30H27FN4O6. The summed E-state index contributed by atoms with van der Waals surface area (Å²) in [4.78, 5) is 53.3. The Morgan fingerprint density at radius 3 is 2.51 bits per heavy atom. The lowest BCUT2D eigenvalue weighted by molar-refractivity contribution is -0.136. The number of imide groups is 1. The number of piperidine rings is 1. The molecule has 2 aliphatic heterocycles. The summed E-state index contributed by atoms with van der Waals surface area (Å²) in [5.74, 6) is -2.66. The minimum atomic E-state index is -1.37. The van der Waals surface area contributed by atoms with Crippen molar-refractivity contribution in [2.75, 3.05) is 31.6 Å². The highest BCUT2D eigenvalue weighted by Crippen LogP contribution is 2.44. The number of carboxylic acids is 1. The average Bonchev–Trinajstić information content (AvgIpc) is 3.79. The smallest absolute Gasteiger partial charge is 0.341 e. The molecule has 11 heteroatoms. The van der Waals surface area contributed by atoms with Crippen LogP contribution in [0.5, 0.6) is 5.75 Å². The van der Waals surface area contributed by atoms with E-state index in [2.05, 4.69) is 6.07 Å². The summed E-state index contributed by atoms with van der Waals surface area (Å²) >= 11 is 0. The molecule has 1 saturated carbocycles. The number of allylic oxidation sites excluding steroid dienone is 1. The number of benzene rings is 1. The third-order valence-corrected chi connectivity index (χ3v) is 8.28. The Morgan fingerprint density at radius 1 is 1.17 bits per heavy atom. The Labute approximate surface area is 234 Å². The summed E-state index contributed by atoms with van der Waals surface area (Å²) in [5, 5.41) is 19.4. The van der Waals surface area contributed by atoms with Gasteiger partial charge in [-0.25, -0.2) is 9.18 Å². The molecule has 2 aromatic rings. The van der Waals surface area contributed by atoms with Gasteiger partial charge in [0.2, 0.25) is 5.43 Å². The molecule has 0 atom stereocenters. The van der Waals surface area contributed by atoms with Gasteiger partial charge in [-0.05, 0) is 44.6 Å². The van der Waals surface area contributed by atoms with Crippen molar-refractivity contribution < 1.29 is 28.6 Å². The van der Waals surface area contributed by atoms with Crippen LogP contribution < -0.4 is 15.1 Å². The van der Waals surface area contributed by atoms with Gasteiger partial charge in [0.25, 0.3) is 11.8 Å². The highest BCUT2D eigenvalue weighted by molar-refractivity contribution is 6.21. The number of carboxylic acid groups (broad SMARTS) is 1. The number of nitrogens with zero attached hydrogens (tertiary/aromatic N) is 4. The molecule has 0 spiro atoms. The summed E-state index contributed by atoms with van der Waals surface area (Å²) in [5.41, 5.74) is 1.38. The van der Waals surface area contributed by atoms with Gasteiger partial charge in [-0.1, -0.05) is 17.7 Å². The zero-order valence-corrected chi connectivity index (χ0v) is 22.4. The lowest BCUT2D eigenvalue weighted by Crippen LogP contribution is -2.35. The molecular weight excluding hydrogens is 531 g/mol. The quantitative estimate of drug-likeness (QED) is 0.420. The summed E-state index contributed by atoms with van der Waals surface area (Å²) in [6.07, 6.45) is 8.47. The molecule has 41 heavy (non-hydrogen) atoms. The molecule has 6 rings (SSSR count). The lowest BCUT2D eigenvalue weighted by atomic mass is 9.97. The van der Waals surface area contributed by atoms with Crippen LogP contribution in [0.4, 0.5) is 10.1 Å². The molecule has 0 radical (unpaired) electrons. The number of pyridine rings is 1. The lowest BCUT2D eigenvalue weighted by Gasteiger charge is -2.33. The second-order valence-electron chi connectivity index (χ2n) is 10.7. The molecule has 1 saturated heterocycles. The van der Waals surface area contributed by atoms with E-state index in [1.807, 2.05) is 6.08 Å². The van der Waals surface area contributed by atoms with E-state index < -0.39 is 22.8 Å². The molecule has 2 amide bonds. The van der Waals surface area contributed by atoms with Crippen LogP contribution in [0.15, 0.2) is 51.5 Å². The average molecular weight is 559 g/mol. The standard InChI is InChI=1S/C30H27FN4O6/c1-41-27-24-21(26(36)22(30(39)40)15-34(24)18-6-7-18)12-23(31)25(27)33-10-8-16(9-11-33)17(13-32)14-35-28(37)19-4-2-3-5-20(19)29(35)38/h2,4,12,15,18H,3,5-11,14H2,1H3,(H,39,40). The monoisotopic (exact) mass is 558 g/mol. The number of carbonyl (C=O) groups is 3. The molecule has 0 bridgehead atoms. The van der Waals surface area contributed by atoms with Gasteiger partial charge in [-0.2, -0.15) is 5.26 Å². The van der Waals surface area contributed by atoms with E-state index in [1.54, 1.807) is 15.5 Å². The maximum atomic E-state index is 15.7.